The summed E-state index contributed by atoms with van der Waals surface area (Å²) >= 11 is 3.28. The van der Waals surface area contributed by atoms with Gasteiger partial charge in [-0.25, -0.2) is 13.1 Å². The van der Waals surface area contributed by atoms with Crippen molar-refractivity contribution < 1.29 is 13.5 Å². The van der Waals surface area contributed by atoms with Gasteiger partial charge in [0, 0.05) is 10.9 Å². The maximum atomic E-state index is 12.4. The third-order valence-corrected chi connectivity index (χ3v) is 5.60. The zero-order chi connectivity index (χ0) is 15.0. The molecule has 0 saturated carbocycles. The molecule has 2 atom stereocenters. The van der Waals surface area contributed by atoms with Gasteiger partial charge in [-0.05, 0) is 35.4 Å². The molecule has 1 aliphatic rings. The summed E-state index contributed by atoms with van der Waals surface area (Å²) in [4.78, 5) is 0.183. The van der Waals surface area contributed by atoms with E-state index in [1.54, 1.807) is 12.1 Å². The second-order valence-electron chi connectivity index (χ2n) is 5.02. The minimum absolute atomic E-state index is 0.183. The lowest BCUT2D eigenvalue weighted by atomic mass is 10.1. The number of aliphatic hydroxyl groups excluding tert-OH is 1. The summed E-state index contributed by atoms with van der Waals surface area (Å²) in [6, 6.07) is 13.3. The Morgan fingerprint density at radius 1 is 1.10 bits per heavy atom. The predicted molar refractivity (Wildman–Crippen MR) is 83.4 cm³/mol. The Kier molecular flexibility index (Phi) is 3.88. The van der Waals surface area contributed by atoms with E-state index in [9.17, 15) is 13.5 Å². The van der Waals surface area contributed by atoms with Crippen molar-refractivity contribution in [1.82, 2.24) is 4.72 Å². The van der Waals surface area contributed by atoms with Crippen molar-refractivity contribution in [1.29, 1.82) is 0 Å². The summed E-state index contributed by atoms with van der Waals surface area (Å²) in [5.41, 5.74) is 1.82. The molecule has 2 aromatic carbocycles. The van der Waals surface area contributed by atoms with Gasteiger partial charge in [-0.3, -0.25) is 0 Å². The lowest BCUT2D eigenvalue weighted by Crippen LogP contribution is -2.33. The van der Waals surface area contributed by atoms with Gasteiger partial charge in [0.2, 0.25) is 10.0 Å². The molecule has 0 bridgehead atoms. The Morgan fingerprint density at radius 3 is 2.48 bits per heavy atom. The molecule has 2 aromatic rings. The van der Waals surface area contributed by atoms with Gasteiger partial charge in [-0.2, -0.15) is 0 Å². The molecule has 0 aliphatic heterocycles. The van der Waals surface area contributed by atoms with E-state index in [1.807, 2.05) is 24.3 Å². The highest BCUT2D eigenvalue weighted by Gasteiger charge is 2.34. The average Bonchev–Trinajstić information content (AvgIpc) is 2.75. The number of sulfonamides is 1. The van der Waals surface area contributed by atoms with E-state index in [1.165, 1.54) is 12.1 Å². The van der Waals surface area contributed by atoms with Crippen LogP contribution < -0.4 is 4.72 Å². The molecule has 2 unspecified atom stereocenters. The highest BCUT2D eigenvalue weighted by molar-refractivity contribution is 9.10. The van der Waals surface area contributed by atoms with Crippen LogP contribution in [0.25, 0.3) is 0 Å². The average molecular weight is 368 g/mol. The Labute approximate surface area is 132 Å². The first kappa shape index (κ1) is 14.7. The molecule has 0 aromatic heterocycles. The molecule has 0 radical (unpaired) electrons. The van der Waals surface area contributed by atoms with E-state index >= 15 is 0 Å². The van der Waals surface area contributed by atoms with Gasteiger partial charge >= 0.3 is 0 Å². The van der Waals surface area contributed by atoms with Gasteiger partial charge in [0.1, 0.15) is 0 Å². The molecule has 0 amide bonds. The van der Waals surface area contributed by atoms with E-state index in [0.29, 0.717) is 6.42 Å². The Balaban J connectivity index is 1.91. The second-order valence-corrected chi connectivity index (χ2v) is 7.65. The van der Waals surface area contributed by atoms with Crippen molar-refractivity contribution in [2.24, 2.45) is 0 Å². The molecule has 0 spiro atoms. The SMILES string of the molecule is O=S(=O)(NC1c2ccccc2CC1O)c1ccc(Br)cc1. The fraction of sp³-hybridized carbons (Fsp3) is 0.200. The van der Waals surface area contributed by atoms with E-state index in [0.717, 1.165) is 15.6 Å². The number of aliphatic hydroxyl groups is 1. The molecule has 4 nitrogen and oxygen atoms in total. The van der Waals surface area contributed by atoms with Gasteiger partial charge in [-0.1, -0.05) is 40.2 Å². The Hall–Kier alpha value is -1.21. The van der Waals surface area contributed by atoms with E-state index in [2.05, 4.69) is 20.7 Å². The molecule has 6 heteroatoms. The molecule has 0 saturated heterocycles. The van der Waals surface area contributed by atoms with Crippen LogP contribution in [-0.2, 0) is 16.4 Å². The van der Waals surface area contributed by atoms with Gasteiger partial charge < -0.3 is 5.11 Å². The van der Waals surface area contributed by atoms with Crippen LogP contribution in [-0.4, -0.2) is 19.6 Å². The quantitative estimate of drug-likeness (QED) is 0.874. The molecule has 0 fully saturated rings. The molecule has 2 N–H and O–H groups in total. The third kappa shape index (κ3) is 2.89. The first-order valence-electron chi connectivity index (χ1n) is 6.51. The summed E-state index contributed by atoms with van der Waals surface area (Å²) in [6.45, 7) is 0. The van der Waals surface area contributed by atoms with Crippen molar-refractivity contribution >= 4 is 26.0 Å². The monoisotopic (exact) mass is 367 g/mol. The van der Waals surface area contributed by atoms with Crippen molar-refractivity contribution in [2.75, 3.05) is 0 Å². The number of nitrogens with one attached hydrogen (secondary N) is 1. The summed E-state index contributed by atoms with van der Waals surface area (Å²) in [6.07, 6.45) is -0.281. The maximum absolute atomic E-state index is 12.4. The van der Waals surface area contributed by atoms with Crippen LogP contribution in [0.2, 0.25) is 0 Å². The normalized spacial score (nSPS) is 21.2. The van der Waals surface area contributed by atoms with Crippen LogP contribution >= 0.6 is 15.9 Å². The summed E-state index contributed by atoms with van der Waals surface area (Å²) in [7, 11) is -3.67. The molecule has 110 valence electrons. The molecule has 1 aliphatic carbocycles. The topological polar surface area (TPSA) is 66.4 Å². The standard InChI is InChI=1S/C15H14BrNO3S/c16-11-5-7-12(8-6-11)21(19,20)17-15-13-4-2-1-3-10(13)9-14(15)18/h1-8,14-15,17-18H,9H2. The van der Waals surface area contributed by atoms with Crippen molar-refractivity contribution in [2.45, 2.75) is 23.5 Å². The zero-order valence-corrected chi connectivity index (χ0v) is 13.4. The highest BCUT2D eigenvalue weighted by Crippen LogP contribution is 2.32. The van der Waals surface area contributed by atoms with E-state index in [4.69, 9.17) is 0 Å². The van der Waals surface area contributed by atoms with Crippen molar-refractivity contribution in [3.63, 3.8) is 0 Å². The number of hydrogen-bond acceptors (Lipinski definition) is 3. The fourth-order valence-electron chi connectivity index (χ4n) is 2.56. The molecular weight excluding hydrogens is 354 g/mol. The first-order chi connectivity index (χ1) is 9.97. The Morgan fingerprint density at radius 2 is 1.76 bits per heavy atom. The van der Waals surface area contributed by atoms with Crippen molar-refractivity contribution in [3.8, 4) is 0 Å². The number of hydrogen-bond donors (Lipinski definition) is 2. The highest BCUT2D eigenvalue weighted by atomic mass is 79.9. The fourth-order valence-corrected chi connectivity index (χ4v) is 4.08. The number of halogens is 1. The van der Waals surface area contributed by atoms with E-state index < -0.39 is 22.2 Å². The minimum atomic E-state index is -3.67. The number of rotatable bonds is 3. The van der Waals surface area contributed by atoms with Gasteiger partial charge in [0.05, 0.1) is 17.0 Å². The van der Waals surface area contributed by atoms with Crippen LogP contribution in [0.1, 0.15) is 17.2 Å². The molecular formula is C15H14BrNO3S. The molecule has 3 rings (SSSR count). The lowest BCUT2D eigenvalue weighted by Gasteiger charge is -2.18. The largest absolute Gasteiger partial charge is 0.391 e. The lowest BCUT2D eigenvalue weighted by molar-refractivity contribution is 0.151. The first-order valence-corrected chi connectivity index (χ1v) is 8.79. The zero-order valence-electron chi connectivity index (χ0n) is 11.0. The summed E-state index contributed by atoms with van der Waals surface area (Å²) in [5.74, 6) is 0. The van der Waals surface area contributed by atoms with Crippen LogP contribution in [0.15, 0.2) is 57.9 Å². The number of benzene rings is 2. The summed E-state index contributed by atoms with van der Waals surface area (Å²) in [5, 5.41) is 10.1. The van der Waals surface area contributed by atoms with Gasteiger partial charge in [0.25, 0.3) is 0 Å². The predicted octanol–water partition coefficient (Wildman–Crippen LogP) is 2.39. The molecule has 0 heterocycles. The third-order valence-electron chi connectivity index (χ3n) is 3.61. The summed E-state index contributed by atoms with van der Waals surface area (Å²) < 4.78 is 28.3. The maximum Gasteiger partial charge on any atom is 0.241 e. The van der Waals surface area contributed by atoms with Gasteiger partial charge in [0.15, 0.2) is 0 Å². The van der Waals surface area contributed by atoms with Crippen LogP contribution in [0, 0.1) is 0 Å². The minimum Gasteiger partial charge on any atom is -0.391 e. The van der Waals surface area contributed by atoms with Crippen LogP contribution in [0.5, 0.6) is 0 Å². The second kappa shape index (κ2) is 5.53. The molecule has 21 heavy (non-hydrogen) atoms. The van der Waals surface area contributed by atoms with Crippen LogP contribution in [0.3, 0.4) is 0 Å². The number of fused-ring (bicyclic) bond motifs is 1. The van der Waals surface area contributed by atoms with Gasteiger partial charge in [-0.15, -0.1) is 0 Å². The van der Waals surface area contributed by atoms with Crippen LogP contribution in [0.4, 0.5) is 0 Å². The smallest absolute Gasteiger partial charge is 0.241 e. The Bertz CT molecular complexity index is 759. The van der Waals surface area contributed by atoms with E-state index in [-0.39, 0.29) is 4.90 Å². The van der Waals surface area contributed by atoms with Crippen molar-refractivity contribution in [3.05, 3.63) is 64.1 Å².